The van der Waals surface area contributed by atoms with Crippen LogP contribution in [0, 0.1) is 0 Å². The lowest BCUT2D eigenvalue weighted by atomic mass is 10.2. The minimum Gasteiger partial charge on any atom is -0.375 e. The Morgan fingerprint density at radius 2 is 2.40 bits per heavy atom. The third-order valence-electron chi connectivity index (χ3n) is 2.92. The van der Waals surface area contributed by atoms with Gasteiger partial charge in [-0.1, -0.05) is 0 Å². The topological polar surface area (TPSA) is 97.3 Å². The molecule has 110 valence electrons. The first kappa shape index (κ1) is 14.5. The van der Waals surface area contributed by atoms with E-state index in [2.05, 4.69) is 21.0 Å². The van der Waals surface area contributed by atoms with Crippen molar-refractivity contribution in [1.29, 1.82) is 0 Å². The van der Waals surface area contributed by atoms with Crippen molar-refractivity contribution in [3.05, 3.63) is 12.4 Å². The summed E-state index contributed by atoms with van der Waals surface area (Å²) in [7, 11) is 1.56. The highest BCUT2D eigenvalue weighted by molar-refractivity contribution is 5.90. The van der Waals surface area contributed by atoms with Crippen LogP contribution in [0.15, 0.2) is 12.4 Å². The van der Waals surface area contributed by atoms with Crippen molar-refractivity contribution >= 4 is 17.5 Å². The van der Waals surface area contributed by atoms with Gasteiger partial charge in [0.1, 0.15) is 6.54 Å². The Bertz CT molecular complexity index is 467. The molecule has 2 rings (SSSR count). The standard InChI is InChI=1S/C12H19N5O3/c1-13-12(19)8-17-7-9(5-15-17)16-11(18)4-10-6-14-2-3-20-10/h5,7,10,14H,2-4,6,8H2,1H3,(H,13,19)(H,16,18). The highest BCUT2D eigenvalue weighted by Crippen LogP contribution is 2.08. The smallest absolute Gasteiger partial charge is 0.241 e. The number of ether oxygens (including phenoxy) is 1. The number of carbonyl (C=O) groups excluding carboxylic acids is 2. The van der Waals surface area contributed by atoms with Crippen LogP contribution in [0.5, 0.6) is 0 Å². The first-order valence-corrected chi connectivity index (χ1v) is 6.52. The number of rotatable bonds is 5. The van der Waals surface area contributed by atoms with Gasteiger partial charge in [-0.2, -0.15) is 5.10 Å². The van der Waals surface area contributed by atoms with Crippen LogP contribution in [0.2, 0.25) is 0 Å². The third kappa shape index (κ3) is 4.32. The Morgan fingerprint density at radius 1 is 1.55 bits per heavy atom. The maximum Gasteiger partial charge on any atom is 0.241 e. The second-order valence-corrected chi connectivity index (χ2v) is 4.55. The Balaban J connectivity index is 1.80. The van der Waals surface area contributed by atoms with Crippen molar-refractivity contribution in [3.8, 4) is 0 Å². The molecule has 0 saturated carbocycles. The second-order valence-electron chi connectivity index (χ2n) is 4.55. The normalized spacial score (nSPS) is 18.6. The van der Waals surface area contributed by atoms with E-state index in [0.717, 1.165) is 6.54 Å². The van der Waals surface area contributed by atoms with Gasteiger partial charge in [0.2, 0.25) is 11.8 Å². The second kappa shape index (κ2) is 7.01. The Labute approximate surface area is 116 Å². The molecule has 0 aromatic carbocycles. The Hall–Kier alpha value is -1.93. The van der Waals surface area contributed by atoms with Gasteiger partial charge in [0.05, 0.1) is 31.0 Å². The highest BCUT2D eigenvalue weighted by Gasteiger charge is 2.17. The molecule has 1 saturated heterocycles. The van der Waals surface area contributed by atoms with Gasteiger partial charge in [0, 0.05) is 26.3 Å². The van der Waals surface area contributed by atoms with Crippen molar-refractivity contribution < 1.29 is 14.3 Å². The molecule has 0 spiro atoms. The van der Waals surface area contributed by atoms with Crippen molar-refractivity contribution in [2.45, 2.75) is 19.1 Å². The fraction of sp³-hybridized carbons (Fsp3) is 0.583. The molecule has 1 fully saturated rings. The molecule has 0 bridgehead atoms. The van der Waals surface area contributed by atoms with E-state index in [1.807, 2.05) is 0 Å². The van der Waals surface area contributed by atoms with Gasteiger partial charge in [-0.05, 0) is 0 Å². The lowest BCUT2D eigenvalue weighted by Crippen LogP contribution is -2.40. The number of amides is 2. The van der Waals surface area contributed by atoms with Crippen molar-refractivity contribution in [3.63, 3.8) is 0 Å². The number of carbonyl (C=O) groups is 2. The highest BCUT2D eigenvalue weighted by atomic mass is 16.5. The van der Waals surface area contributed by atoms with Crippen LogP contribution in [-0.4, -0.2) is 54.4 Å². The van der Waals surface area contributed by atoms with E-state index in [1.165, 1.54) is 10.9 Å². The molecule has 1 aromatic heterocycles. The molecular formula is C12H19N5O3. The van der Waals surface area contributed by atoms with Crippen molar-refractivity contribution in [2.24, 2.45) is 0 Å². The summed E-state index contributed by atoms with van der Waals surface area (Å²) in [5.74, 6) is -0.272. The summed E-state index contributed by atoms with van der Waals surface area (Å²) in [5.41, 5.74) is 0.572. The molecule has 1 unspecified atom stereocenters. The summed E-state index contributed by atoms with van der Waals surface area (Å²) >= 11 is 0. The molecule has 8 nitrogen and oxygen atoms in total. The molecule has 3 N–H and O–H groups in total. The third-order valence-corrected chi connectivity index (χ3v) is 2.92. The maximum atomic E-state index is 11.8. The molecule has 1 atom stereocenters. The van der Waals surface area contributed by atoms with Gasteiger partial charge in [-0.25, -0.2) is 0 Å². The minimum atomic E-state index is -0.146. The lowest BCUT2D eigenvalue weighted by molar-refractivity contribution is -0.121. The number of morpholine rings is 1. The van der Waals surface area contributed by atoms with Crippen LogP contribution in [0.3, 0.4) is 0 Å². The predicted molar refractivity (Wildman–Crippen MR) is 72.2 cm³/mol. The number of nitrogens with one attached hydrogen (secondary N) is 3. The fourth-order valence-electron chi connectivity index (χ4n) is 1.91. The van der Waals surface area contributed by atoms with E-state index in [9.17, 15) is 9.59 Å². The van der Waals surface area contributed by atoms with Gasteiger partial charge in [-0.15, -0.1) is 0 Å². The summed E-state index contributed by atoms with van der Waals surface area (Å²) in [4.78, 5) is 23.0. The summed E-state index contributed by atoms with van der Waals surface area (Å²) in [5, 5.41) is 12.4. The minimum absolute atomic E-state index is 0.0929. The number of likely N-dealkylation sites (N-methyl/N-ethyl adjacent to an activating group) is 1. The fourth-order valence-corrected chi connectivity index (χ4v) is 1.91. The molecule has 1 aliphatic heterocycles. The van der Waals surface area contributed by atoms with Gasteiger partial charge in [0.25, 0.3) is 0 Å². The average Bonchev–Trinajstić information content (AvgIpc) is 2.86. The van der Waals surface area contributed by atoms with E-state index in [4.69, 9.17) is 4.74 Å². The molecule has 1 aromatic rings. The van der Waals surface area contributed by atoms with Crippen LogP contribution in [-0.2, 0) is 20.9 Å². The largest absolute Gasteiger partial charge is 0.375 e. The molecular weight excluding hydrogens is 262 g/mol. The predicted octanol–water partition coefficient (Wildman–Crippen LogP) is -1.05. The summed E-state index contributed by atoms with van der Waals surface area (Å²) < 4.78 is 6.93. The first-order valence-electron chi connectivity index (χ1n) is 6.52. The zero-order chi connectivity index (χ0) is 14.4. The molecule has 2 amide bonds. The number of nitrogens with zero attached hydrogens (tertiary/aromatic N) is 2. The van der Waals surface area contributed by atoms with E-state index in [0.29, 0.717) is 25.3 Å². The van der Waals surface area contributed by atoms with Gasteiger partial charge < -0.3 is 20.7 Å². The van der Waals surface area contributed by atoms with E-state index >= 15 is 0 Å². The van der Waals surface area contributed by atoms with Crippen molar-refractivity contribution in [1.82, 2.24) is 20.4 Å². The Kier molecular flexibility index (Phi) is 5.08. The first-order chi connectivity index (χ1) is 9.67. The monoisotopic (exact) mass is 281 g/mol. The Morgan fingerprint density at radius 3 is 3.10 bits per heavy atom. The number of hydrogen-bond donors (Lipinski definition) is 3. The van der Waals surface area contributed by atoms with Crippen molar-refractivity contribution in [2.75, 3.05) is 32.1 Å². The number of hydrogen-bond acceptors (Lipinski definition) is 5. The molecule has 20 heavy (non-hydrogen) atoms. The van der Waals surface area contributed by atoms with Crippen LogP contribution in [0.1, 0.15) is 6.42 Å². The van der Waals surface area contributed by atoms with Gasteiger partial charge in [-0.3, -0.25) is 14.3 Å². The van der Waals surface area contributed by atoms with Crippen LogP contribution >= 0.6 is 0 Å². The van der Waals surface area contributed by atoms with E-state index < -0.39 is 0 Å². The van der Waals surface area contributed by atoms with Gasteiger partial charge >= 0.3 is 0 Å². The summed E-state index contributed by atoms with van der Waals surface area (Å²) in [6.45, 7) is 2.26. The SMILES string of the molecule is CNC(=O)Cn1cc(NC(=O)CC2CNCCO2)cn1. The van der Waals surface area contributed by atoms with Gasteiger partial charge in [0.15, 0.2) is 0 Å². The van der Waals surface area contributed by atoms with E-state index in [1.54, 1.807) is 13.2 Å². The summed E-state index contributed by atoms with van der Waals surface area (Å²) in [6.07, 6.45) is 3.34. The number of aromatic nitrogens is 2. The molecule has 2 heterocycles. The van der Waals surface area contributed by atoms with E-state index in [-0.39, 0.29) is 24.5 Å². The zero-order valence-corrected chi connectivity index (χ0v) is 11.4. The molecule has 0 aliphatic carbocycles. The zero-order valence-electron chi connectivity index (χ0n) is 11.4. The van der Waals surface area contributed by atoms with Crippen LogP contribution in [0.25, 0.3) is 0 Å². The van der Waals surface area contributed by atoms with Crippen LogP contribution < -0.4 is 16.0 Å². The summed E-state index contributed by atoms with van der Waals surface area (Å²) in [6, 6.07) is 0. The van der Waals surface area contributed by atoms with Crippen LogP contribution in [0.4, 0.5) is 5.69 Å². The lowest BCUT2D eigenvalue weighted by Gasteiger charge is -2.22. The molecule has 0 radical (unpaired) electrons. The molecule has 1 aliphatic rings. The average molecular weight is 281 g/mol. The maximum absolute atomic E-state index is 11.8. The number of anilines is 1. The molecule has 8 heteroatoms. The quantitative estimate of drug-likeness (QED) is 0.639.